The third kappa shape index (κ3) is 6.55. The largest absolute Gasteiger partial charge is 0.494 e. The number of hydrogen-bond donors (Lipinski definition) is 0. The molecule has 0 aromatic heterocycles. The van der Waals surface area contributed by atoms with Crippen LogP contribution in [0.5, 0.6) is 5.75 Å². The molecule has 0 atom stereocenters. The second-order valence-corrected chi connectivity index (χ2v) is 6.39. The molecule has 0 N–H and O–H groups in total. The Morgan fingerprint density at radius 3 is 2.38 bits per heavy atom. The Morgan fingerprint density at radius 2 is 1.71 bits per heavy atom. The van der Waals surface area contributed by atoms with Crippen LogP contribution in [0, 0.1) is 35.5 Å². The van der Waals surface area contributed by atoms with Crippen molar-refractivity contribution >= 4 is 0 Å². The zero-order valence-corrected chi connectivity index (χ0v) is 15.0. The SMILES string of the molecule is CCCOc1ccc(C#C/C=C/C#C[C@H]2CC[C@H](CC)CC2)cc1. The van der Waals surface area contributed by atoms with E-state index in [-0.39, 0.29) is 0 Å². The van der Waals surface area contributed by atoms with Gasteiger partial charge in [0.2, 0.25) is 0 Å². The molecule has 0 heterocycles. The minimum atomic E-state index is 0.584. The monoisotopic (exact) mass is 320 g/mol. The van der Waals surface area contributed by atoms with Crippen LogP contribution < -0.4 is 4.74 Å². The normalized spacial score (nSPS) is 19.9. The molecule has 1 aliphatic carbocycles. The van der Waals surface area contributed by atoms with Crippen LogP contribution in [0.15, 0.2) is 36.4 Å². The minimum Gasteiger partial charge on any atom is -0.494 e. The molecule has 24 heavy (non-hydrogen) atoms. The zero-order valence-electron chi connectivity index (χ0n) is 15.0. The lowest BCUT2D eigenvalue weighted by atomic mass is 9.81. The molecule has 1 saturated carbocycles. The molecule has 0 saturated heterocycles. The van der Waals surface area contributed by atoms with Gasteiger partial charge in [-0.1, -0.05) is 44.0 Å². The van der Waals surface area contributed by atoms with Crippen LogP contribution in [0.3, 0.4) is 0 Å². The molecule has 2 rings (SSSR count). The predicted octanol–water partition coefficient (Wildman–Crippen LogP) is 5.60. The van der Waals surface area contributed by atoms with E-state index >= 15 is 0 Å². The molecular formula is C23H28O. The highest BCUT2D eigenvalue weighted by molar-refractivity contribution is 5.40. The van der Waals surface area contributed by atoms with Crippen molar-refractivity contribution in [3.05, 3.63) is 42.0 Å². The minimum absolute atomic E-state index is 0.584. The van der Waals surface area contributed by atoms with Crippen molar-refractivity contribution in [2.24, 2.45) is 11.8 Å². The second kappa shape index (κ2) is 10.6. The number of allylic oxidation sites excluding steroid dienone is 2. The molecule has 1 heteroatoms. The van der Waals surface area contributed by atoms with Crippen molar-refractivity contribution in [2.45, 2.75) is 52.4 Å². The Bertz CT molecular complexity index is 623. The maximum atomic E-state index is 5.56. The lowest BCUT2D eigenvalue weighted by Crippen LogP contribution is -2.12. The number of hydrogen-bond acceptors (Lipinski definition) is 1. The number of rotatable bonds is 4. The van der Waals surface area contributed by atoms with Gasteiger partial charge in [0.25, 0.3) is 0 Å². The summed E-state index contributed by atoms with van der Waals surface area (Å²) in [5, 5.41) is 0. The highest BCUT2D eigenvalue weighted by Gasteiger charge is 2.17. The molecule has 1 aromatic carbocycles. The first kappa shape index (κ1) is 18.2. The number of ether oxygens (including phenoxy) is 1. The summed E-state index contributed by atoms with van der Waals surface area (Å²) in [5.41, 5.74) is 0.995. The molecule has 1 aromatic rings. The first-order valence-corrected chi connectivity index (χ1v) is 9.22. The fourth-order valence-electron chi connectivity index (χ4n) is 2.94. The van der Waals surface area contributed by atoms with Gasteiger partial charge in [-0.05, 0) is 74.4 Å². The molecule has 0 bridgehead atoms. The van der Waals surface area contributed by atoms with Crippen molar-refractivity contribution in [3.63, 3.8) is 0 Å². The summed E-state index contributed by atoms with van der Waals surface area (Å²) in [4.78, 5) is 0. The van der Waals surface area contributed by atoms with Gasteiger partial charge in [0.05, 0.1) is 6.61 Å². The lowest BCUT2D eigenvalue weighted by molar-refractivity contribution is 0.309. The lowest BCUT2D eigenvalue weighted by Gasteiger charge is -2.24. The van der Waals surface area contributed by atoms with E-state index in [4.69, 9.17) is 4.74 Å². The highest BCUT2D eigenvalue weighted by atomic mass is 16.5. The number of benzene rings is 1. The first-order chi connectivity index (χ1) is 11.8. The van der Waals surface area contributed by atoms with Crippen LogP contribution in [0.2, 0.25) is 0 Å². The maximum Gasteiger partial charge on any atom is 0.119 e. The quantitative estimate of drug-likeness (QED) is 0.656. The molecule has 0 unspecified atom stereocenters. The second-order valence-electron chi connectivity index (χ2n) is 6.39. The van der Waals surface area contributed by atoms with E-state index in [0.29, 0.717) is 5.92 Å². The summed E-state index contributed by atoms with van der Waals surface area (Å²) in [5.74, 6) is 15.1. The highest BCUT2D eigenvalue weighted by Crippen LogP contribution is 2.29. The third-order valence-electron chi connectivity index (χ3n) is 4.51. The van der Waals surface area contributed by atoms with Gasteiger partial charge in [-0.25, -0.2) is 0 Å². The van der Waals surface area contributed by atoms with Gasteiger partial charge in [-0.3, -0.25) is 0 Å². The zero-order chi connectivity index (χ0) is 17.0. The van der Waals surface area contributed by atoms with Gasteiger partial charge < -0.3 is 4.74 Å². The molecule has 0 amide bonds. The van der Waals surface area contributed by atoms with Crippen LogP contribution in [-0.4, -0.2) is 6.61 Å². The fourth-order valence-corrected chi connectivity index (χ4v) is 2.94. The van der Waals surface area contributed by atoms with Crippen molar-refractivity contribution in [1.29, 1.82) is 0 Å². The Hall–Kier alpha value is -2.12. The molecule has 1 nitrogen and oxygen atoms in total. The average molecular weight is 320 g/mol. The van der Waals surface area contributed by atoms with E-state index in [2.05, 4.69) is 37.5 Å². The van der Waals surface area contributed by atoms with E-state index in [1.807, 2.05) is 36.4 Å². The summed E-state index contributed by atoms with van der Waals surface area (Å²) in [7, 11) is 0. The smallest absolute Gasteiger partial charge is 0.119 e. The van der Waals surface area contributed by atoms with E-state index in [1.54, 1.807) is 0 Å². The Balaban J connectivity index is 1.77. The summed E-state index contributed by atoms with van der Waals surface area (Å²) in [6.07, 6.45) is 11.3. The van der Waals surface area contributed by atoms with Gasteiger partial charge >= 0.3 is 0 Å². The van der Waals surface area contributed by atoms with Gasteiger partial charge in [0, 0.05) is 11.5 Å². The van der Waals surface area contributed by atoms with Crippen LogP contribution in [0.4, 0.5) is 0 Å². The van der Waals surface area contributed by atoms with Crippen LogP contribution in [-0.2, 0) is 0 Å². The van der Waals surface area contributed by atoms with Gasteiger partial charge in [-0.2, -0.15) is 0 Å². The summed E-state index contributed by atoms with van der Waals surface area (Å²) in [6.45, 7) is 5.15. The molecule has 0 spiro atoms. The topological polar surface area (TPSA) is 9.23 Å². The van der Waals surface area contributed by atoms with Crippen molar-refractivity contribution < 1.29 is 4.74 Å². The maximum absolute atomic E-state index is 5.56. The van der Waals surface area contributed by atoms with Crippen LogP contribution >= 0.6 is 0 Å². The van der Waals surface area contributed by atoms with Crippen molar-refractivity contribution in [1.82, 2.24) is 0 Å². The van der Waals surface area contributed by atoms with Crippen molar-refractivity contribution in [2.75, 3.05) is 6.61 Å². The van der Waals surface area contributed by atoms with Crippen LogP contribution in [0.25, 0.3) is 0 Å². The van der Waals surface area contributed by atoms with Crippen molar-refractivity contribution in [3.8, 4) is 29.4 Å². The van der Waals surface area contributed by atoms with Gasteiger partial charge in [0.15, 0.2) is 0 Å². The molecule has 0 aliphatic heterocycles. The summed E-state index contributed by atoms with van der Waals surface area (Å²) >= 11 is 0. The Kier molecular flexibility index (Phi) is 8.06. The molecule has 1 aliphatic rings. The summed E-state index contributed by atoms with van der Waals surface area (Å²) in [6, 6.07) is 7.92. The van der Waals surface area contributed by atoms with Gasteiger partial charge in [0.1, 0.15) is 5.75 Å². The molecule has 1 fully saturated rings. The first-order valence-electron chi connectivity index (χ1n) is 9.22. The summed E-state index contributed by atoms with van der Waals surface area (Å²) < 4.78 is 5.56. The average Bonchev–Trinajstić information content (AvgIpc) is 2.64. The predicted molar refractivity (Wildman–Crippen MR) is 102 cm³/mol. The Morgan fingerprint density at radius 1 is 1.00 bits per heavy atom. The van der Waals surface area contributed by atoms with Gasteiger partial charge in [-0.15, -0.1) is 0 Å². The van der Waals surface area contributed by atoms with Crippen LogP contribution in [0.1, 0.15) is 57.9 Å². The standard InChI is InChI=1S/C23H28O/c1-3-19-24-23-17-15-22(16-18-23)10-8-6-5-7-9-21-13-11-20(4-2)12-14-21/h5-6,15-18,20-21H,3-4,11-14,19H2,1-2H3/b6-5+/t20-,21-. The van der Waals surface area contributed by atoms with E-state index in [9.17, 15) is 0 Å². The Labute approximate surface area is 147 Å². The fraction of sp³-hybridized carbons (Fsp3) is 0.478. The third-order valence-corrected chi connectivity index (χ3v) is 4.51. The van der Waals surface area contributed by atoms with E-state index in [1.165, 1.54) is 32.1 Å². The van der Waals surface area contributed by atoms with E-state index in [0.717, 1.165) is 30.3 Å². The molecular weight excluding hydrogens is 292 g/mol. The van der Waals surface area contributed by atoms with E-state index < -0.39 is 0 Å². The molecule has 0 radical (unpaired) electrons. The molecule has 126 valence electrons.